The van der Waals surface area contributed by atoms with Gasteiger partial charge >= 0.3 is 5.97 Å². The Bertz CT molecular complexity index is 256. The SMILES string of the molecule is CCCCCCCCCOCC(CO)OC(=O)CCCCCC. The molecule has 1 unspecified atom stereocenters. The summed E-state index contributed by atoms with van der Waals surface area (Å²) in [5, 5.41) is 9.25. The quantitative estimate of drug-likeness (QED) is 0.312. The summed E-state index contributed by atoms with van der Waals surface area (Å²) in [7, 11) is 0. The van der Waals surface area contributed by atoms with Crippen LogP contribution in [0.3, 0.4) is 0 Å². The Hall–Kier alpha value is -0.610. The number of hydrogen-bond donors (Lipinski definition) is 1. The maximum absolute atomic E-state index is 11.6. The summed E-state index contributed by atoms with van der Waals surface area (Å²) in [4.78, 5) is 11.6. The molecule has 0 saturated heterocycles. The summed E-state index contributed by atoms with van der Waals surface area (Å²) in [5.74, 6) is -0.223. The van der Waals surface area contributed by atoms with Crippen LogP contribution in [0.25, 0.3) is 0 Å². The smallest absolute Gasteiger partial charge is 0.306 e. The molecule has 0 aliphatic carbocycles. The summed E-state index contributed by atoms with van der Waals surface area (Å²) >= 11 is 0. The molecule has 4 nitrogen and oxygen atoms in total. The predicted octanol–water partition coefficient (Wildman–Crippen LogP) is 4.63. The first-order valence-electron chi connectivity index (χ1n) is 9.62. The average molecular weight is 331 g/mol. The lowest BCUT2D eigenvalue weighted by atomic mass is 10.1. The molecule has 0 amide bonds. The van der Waals surface area contributed by atoms with Crippen molar-refractivity contribution in [3.63, 3.8) is 0 Å². The molecular weight excluding hydrogens is 292 g/mol. The van der Waals surface area contributed by atoms with Crippen LogP contribution in [0.4, 0.5) is 0 Å². The van der Waals surface area contributed by atoms with Crippen LogP contribution in [0, 0.1) is 0 Å². The van der Waals surface area contributed by atoms with E-state index in [1.807, 2.05) is 0 Å². The second-order valence-corrected chi connectivity index (χ2v) is 6.30. The molecule has 0 aromatic carbocycles. The van der Waals surface area contributed by atoms with Crippen molar-refractivity contribution in [2.75, 3.05) is 19.8 Å². The second kappa shape index (κ2) is 17.7. The molecule has 0 heterocycles. The summed E-state index contributed by atoms with van der Waals surface area (Å²) in [5.41, 5.74) is 0. The first-order valence-corrected chi connectivity index (χ1v) is 9.62. The van der Waals surface area contributed by atoms with Crippen molar-refractivity contribution in [2.24, 2.45) is 0 Å². The van der Waals surface area contributed by atoms with Crippen LogP contribution >= 0.6 is 0 Å². The van der Waals surface area contributed by atoms with E-state index >= 15 is 0 Å². The Kier molecular flexibility index (Phi) is 17.3. The minimum Gasteiger partial charge on any atom is -0.457 e. The molecule has 4 heteroatoms. The molecule has 0 bridgehead atoms. The van der Waals surface area contributed by atoms with E-state index in [2.05, 4.69) is 13.8 Å². The number of carbonyl (C=O) groups excluding carboxylic acids is 1. The van der Waals surface area contributed by atoms with Gasteiger partial charge in [-0.1, -0.05) is 71.6 Å². The molecule has 0 fully saturated rings. The van der Waals surface area contributed by atoms with Gasteiger partial charge in [0.25, 0.3) is 0 Å². The maximum Gasteiger partial charge on any atom is 0.306 e. The van der Waals surface area contributed by atoms with Crippen molar-refractivity contribution in [1.82, 2.24) is 0 Å². The Labute approximate surface area is 142 Å². The van der Waals surface area contributed by atoms with Gasteiger partial charge in [-0.05, 0) is 12.8 Å². The predicted molar refractivity (Wildman–Crippen MR) is 94.5 cm³/mol. The molecule has 0 aromatic rings. The number of hydrogen-bond acceptors (Lipinski definition) is 4. The highest BCUT2D eigenvalue weighted by Crippen LogP contribution is 2.08. The van der Waals surface area contributed by atoms with Crippen LogP contribution in [0.2, 0.25) is 0 Å². The number of aliphatic hydroxyl groups excluding tert-OH is 1. The average Bonchev–Trinajstić information content (AvgIpc) is 2.56. The standard InChI is InChI=1S/C19H38O4/c1-3-5-7-9-10-11-13-15-22-17-18(16-20)23-19(21)14-12-8-6-4-2/h18,20H,3-17H2,1-2H3. The monoisotopic (exact) mass is 330 g/mol. The van der Waals surface area contributed by atoms with Crippen molar-refractivity contribution >= 4 is 5.97 Å². The lowest BCUT2D eigenvalue weighted by molar-refractivity contribution is -0.154. The van der Waals surface area contributed by atoms with Crippen LogP contribution in [0.5, 0.6) is 0 Å². The fourth-order valence-corrected chi connectivity index (χ4v) is 2.44. The van der Waals surface area contributed by atoms with Crippen LogP contribution < -0.4 is 0 Å². The van der Waals surface area contributed by atoms with E-state index in [0.717, 1.165) is 32.1 Å². The molecule has 0 aromatic heterocycles. The highest BCUT2D eigenvalue weighted by molar-refractivity contribution is 5.69. The van der Waals surface area contributed by atoms with Crippen molar-refractivity contribution in [1.29, 1.82) is 0 Å². The van der Waals surface area contributed by atoms with E-state index in [4.69, 9.17) is 9.47 Å². The lowest BCUT2D eigenvalue weighted by Crippen LogP contribution is -2.27. The van der Waals surface area contributed by atoms with Gasteiger partial charge in [-0.2, -0.15) is 0 Å². The molecular formula is C19H38O4. The number of esters is 1. The molecule has 0 aliphatic heterocycles. The minimum atomic E-state index is -0.516. The zero-order valence-corrected chi connectivity index (χ0v) is 15.4. The van der Waals surface area contributed by atoms with Gasteiger partial charge in [0.15, 0.2) is 0 Å². The zero-order chi connectivity index (χ0) is 17.2. The summed E-state index contributed by atoms with van der Waals surface area (Å²) in [6.45, 7) is 5.18. The minimum absolute atomic E-state index is 0.169. The Balaban J connectivity index is 3.48. The zero-order valence-electron chi connectivity index (χ0n) is 15.4. The van der Waals surface area contributed by atoms with Gasteiger partial charge < -0.3 is 14.6 Å². The summed E-state index contributed by atoms with van der Waals surface area (Å²) < 4.78 is 10.8. The first-order chi connectivity index (χ1) is 11.2. The third kappa shape index (κ3) is 16.0. The first kappa shape index (κ1) is 22.4. The normalized spacial score (nSPS) is 12.3. The Morgan fingerprint density at radius 1 is 0.870 bits per heavy atom. The number of carbonyl (C=O) groups is 1. The Morgan fingerprint density at radius 3 is 2.04 bits per heavy atom. The van der Waals surface area contributed by atoms with Gasteiger partial charge in [-0.3, -0.25) is 4.79 Å². The van der Waals surface area contributed by atoms with Gasteiger partial charge in [-0.15, -0.1) is 0 Å². The van der Waals surface area contributed by atoms with E-state index in [1.54, 1.807) is 0 Å². The van der Waals surface area contributed by atoms with Crippen molar-refractivity contribution < 1.29 is 19.4 Å². The van der Waals surface area contributed by atoms with Crippen molar-refractivity contribution in [3.8, 4) is 0 Å². The molecule has 0 saturated carbocycles. The van der Waals surface area contributed by atoms with E-state index < -0.39 is 6.10 Å². The van der Waals surface area contributed by atoms with Crippen LogP contribution in [-0.4, -0.2) is 37.0 Å². The number of unbranched alkanes of at least 4 members (excludes halogenated alkanes) is 9. The maximum atomic E-state index is 11.6. The second-order valence-electron chi connectivity index (χ2n) is 6.30. The Morgan fingerprint density at radius 2 is 1.43 bits per heavy atom. The molecule has 0 rings (SSSR count). The third-order valence-electron chi connectivity index (χ3n) is 3.93. The molecule has 23 heavy (non-hydrogen) atoms. The summed E-state index contributed by atoms with van der Waals surface area (Å²) in [6.07, 6.45) is 12.9. The molecule has 0 spiro atoms. The van der Waals surface area contributed by atoms with E-state index in [0.29, 0.717) is 19.6 Å². The molecule has 0 radical (unpaired) electrons. The number of rotatable bonds is 17. The molecule has 1 atom stereocenters. The van der Waals surface area contributed by atoms with E-state index in [9.17, 15) is 9.90 Å². The van der Waals surface area contributed by atoms with Gasteiger partial charge in [0.2, 0.25) is 0 Å². The van der Waals surface area contributed by atoms with Crippen molar-refractivity contribution in [2.45, 2.75) is 97.0 Å². The van der Waals surface area contributed by atoms with Gasteiger partial charge in [0.1, 0.15) is 6.10 Å². The molecule has 0 aliphatic rings. The van der Waals surface area contributed by atoms with E-state index in [-0.39, 0.29) is 12.6 Å². The van der Waals surface area contributed by atoms with Crippen molar-refractivity contribution in [3.05, 3.63) is 0 Å². The largest absolute Gasteiger partial charge is 0.457 e. The van der Waals surface area contributed by atoms with Crippen LogP contribution in [0.1, 0.15) is 90.9 Å². The van der Waals surface area contributed by atoms with Gasteiger partial charge in [0.05, 0.1) is 13.2 Å². The van der Waals surface area contributed by atoms with Crippen LogP contribution in [-0.2, 0) is 14.3 Å². The fourth-order valence-electron chi connectivity index (χ4n) is 2.44. The van der Waals surface area contributed by atoms with Gasteiger partial charge in [-0.25, -0.2) is 0 Å². The number of ether oxygens (including phenoxy) is 2. The molecule has 1 N–H and O–H groups in total. The van der Waals surface area contributed by atoms with E-state index in [1.165, 1.54) is 38.5 Å². The summed E-state index contributed by atoms with van der Waals surface area (Å²) in [6, 6.07) is 0. The number of aliphatic hydroxyl groups is 1. The molecule has 138 valence electrons. The topological polar surface area (TPSA) is 55.8 Å². The fraction of sp³-hybridized carbons (Fsp3) is 0.947. The van der Waals surface area contributed by atoms with Gasteiger partial charge in [0, 0.05) is 13.0 Å². The highest BCUT2D eigenvalue weighted by Gasteiger charge is 2.13. The third-order valence-corrected chi connectivity index (χ3v) is 3.93. The van der Waals surface area contributed by atoms with Crippen LogP contribution in [0.15, 0.2) is 0 Å². The lowest BCUT2D eigenvalue weighted by Gasteiger charge is -2.15. The highest BCUT2D eigenvalue weighted by atomic mass is 16.6.